The first-order valence-corrected chi connectivity index (χ1v) is 10.3. The van der Waals surface area contributed by atoms with Gasteiger partial charge in [-0.25, -0.2) is 0 Å². The number of amides is 2. The number of carbonyl (C=O) groups excluding carboxylic acids is 2. The van der Waals surface area contributed by atoms with Crippen LogP contribution in [-0.4, -0.2) is 35.6 Å². The third-order valence-electron chi connectivity index (χ3n) is 4.37. The lowest BCUT2D eigenvalue weighted by molar-refractivity contribution is -0.118. The Morgan fingerprint density at radius 3 is 2.25 bits per heavy atom. The molecule has 2 aromatic rings. The van der Waals surface area contributed by atoms with Crippen molar-refractivity contribution in [2.45, 2.75) is 32.2 Å². The molecule has 0 fully saturated rings. The minimum Gasteiger partial charge on any atom is -0.351 e. The Labute approximate surface area is 170 Å². The normalized spacial score (nSPS) is 10.4. The van der Waals surface area contributed by atoms with Gasteiger partial charge in [-0.05, 0) is 49.2 Å². The second-order valence-electron chi connectivity index (χ2n) is 6.78. The van der Waals surface area contributed by atoms with E-state index in [0.717, 1.165) is 16.9 Å². The first-order valence-electron chi connectivity index (χ1n) is 9.10. The van der Waals surface area contributed by atoms with E-state index in [9.17, 15) is 9.59 Å². The molecule has 0 radical (unpaired) electrons. The third-order valence-corrected chi connectivity index (χ3v) is 5.37. The SMILES string of the molecule is CC(C)N(C)C(=O)c1ccc(CNC(=O)CSCc2ccc(C#N)cc2)cc1. The summed E-state index contributed by atoms with van der Waals surface area (Å²) in [5.74, 6) is 1.05. The number of nitriles is 1. The molecule has 0 saturated carbocycles. The quantitative estimate of drug-likeness (QED) is 0.741. The molecule has 0 saturated heterocycles. The van der Waals surface area contributed by atoms with Gasteiger partial charge >= 0.3 is 0 Å². The van der Waals surface area contributed by atoms with Gasteiger partial charge in [0, 0.05) is 31.0 Å². The van der Waals surface area contributed by atoms with E-state index >= 15 is 0 Å². The molecular formula is C22H25N3O2S. The summed E-state index contributed by atoms with van der Waals surface area (Å²) < 4.78 is 0. The Morgan fingerprint density at radius 2 is 1.68 bits per heavy atom. The predicted molar refractivity (Wildman–Crippen MR) is 113 cm³/mol. The third kappa shape index (κ3) is 6.43. The van der Waals surface area contributed by atoms with Crippen LogP contribution in [0, 0.1) is 11.3 Å². The number of hydrogen-bond acceptors (Lipinski definition) is 4. The van der Waals surface area contributed by atoms with Crippen LogP contribution in [0.5, 0.6) is 0 Å². The van der Waals surface area contributed by atoms with Crippen LogP contribution in [0.25, 0.3) is 0 Å². The lowest BCUT2D eigenvalue weighted by Gasteiger charge is -2.21. The van der Waals surface area contributed by atoms with Crippen molar-refractivity contribution in [3.8, 4) is 6.07 Å². The Balaban J connectivity index is 1.74. The van der Waals surface area contributed by atoms with Gasteiger partial charge in [-0.15, -0.1) is 11.8 Å². The molecule has 28 heavy (non-hydrogen) atoms. The summed E-state index contributed by atoms with van der Waals surface area (Å²) in [7, 11) is 1.79. The van der Waals surface area contributed by atoms with Gasteiger partial charge in [0.25, 0.3) is 5.91 Å². The van der Waals surface area contributed by atoms with Crippen LogP contribution in [0.1, 0.15) is 40.9 Å². The molecule has 0 heterocycles. The van der Waals surface area contributed by atoms with Crippen molar-refractivity contribution in [3.63, 3.8) is 0 Å². The lowest BCUT2D eigenvalue weighted by atomic mass is 10.1. The maximum Gasteiger partial charge on any atom is 0.253 e. The van der Waals surface area contributed by atoms with Crippen molar-refractivity contribution in [1.29, 1.82) is 5.26 Å². The van der Waals surface area contributed by atoms with Gasteiger partial charge in [0.2, 0.25) is 5.91 Å². The van der Waals surface area contributed by atoms with Crippen LogP contribution in [0.15, 0.2) is 48.5 Å². The van der Waals surface area contributed by atoms with Crippen molar-refractivity contribution < 1.29 is 9.59 Å². The van der Waals surface area contributed by atoms with E-state index in [-0.39, 0.29) is 17.9 Å². The Morgan fingerprint density at radius 1 is 1.07 bits per heavy atom. The zero-order valence-corrected chi connectivity index (χ0v) is 17.3. The number of benzene rings is 2. The Kier molecular flexibility index (Phi) is 8.09. The topological polar surface area (TPSA) is 73.2 Å². The van der Waals surface area contributed by atoms with Gasteiger partial charge in [0.1, 0.15) is 0 Å². The zero-order valence-electron chi connectivity index (χ0n) is 16.4. The molecule has 0 aromatic heterocycles. The zero-order chi connectivity index (χ0) is 20.5. The molecule has 0 aliphatic carbocycles. The standard InChI is InChI=1S/C22H25N3O2S/c1-16(2)25(3)22(27)20-10-8-18(9-11-20)13-24-21(26)15-28-14-19-6-4-17(12-23)5-7-19/h4-11,16H,13-15H2,1-3H3,(H,24,26). The van der Waals surface area contributed by atoms with Crippen molar-refractivity contribution >= 4 is 23.6 Å². The average Bonchev–Trinajstić information content (AvgIpc) is 2.72. The minimum absolute atomic E-state index is 0.00946. The fourth-order valence-electron chi connectivity index (χ4n) is 2.39. The largest absolute Gasteiger partial charge is 0.351 e. The van der Waals surface area contributed by atoms with E-state index in [4.69, 9.17) is 5.26 Å². The minimum atomic E-state index is -0.0293. The second-order valence-corrected chi connectivity index (χ2v) is 7.77. The van der Waals surface area contributed by atoms with Gasteiger partial charge in [0.15, 0.2) is 0 Å². The fraction of sp³-hybridized carbons (Fsp3) is 0.318. The van der Waals surface area contributed by atoms with E-state index in [1.165, 1.54) is 11.8 Å². The summed E-state index contributed by atoms with van der Waals surface area (Å²) in [6, 6.07) is 16.9. The molecule has 2 aromatic carbocycles. The molecular weight excluding hydrogens is 370 g/mol. The van der Waals surface area contributed by atoms with E-state index in [0.29, 0.717) is 23.4 Å². The first-order chi connectivity index (χ1) is 13.4. The Bertz CT molecular complexity index is 840. The molecule has 5 nitrogen and oxygen atoms in total. The molecule has 1 N–H and O–H groups in total. The molecule has 146 valence electrons. The van der Waals surface area contributed by atoms with Crippen LogP contribution >= 0.6 is 11.8 Å². The van der Waals surface area contributed by atoms with E-state index in [1.54, 1.807) is 36.2 Å². The molecule has 6 heteroatoms. The number of nitrogens with one attached hydrogen (secondary N) is 1. The number of carbonyl (C=O) groups is 2. The number of thioether (sulfide) groups is 1. The summed E-state index contributed by atoms with van der Waals surface area (Å²) in [5, 5.41) is 11.7. The highest BCUT2D eigenvalue weighted by Gasteiger charge is 2.14. The van der Waals surface area contributed by atoms with E-state index < -0.39 is 0 Å². The molecule has 0 spiro atoms. The first kappa shape index (κ1) is 21.5. The van der Waals surface area contributed by atoms with Crippen molar-refractivity contribution in [2.75, 3.05) is 12.8 Å². The molecule has 0 aliphatic rings. The lowest BCUT2D eigenvalue weighted by Crippen LogP contribution is -2.32. The molecule has 0 atom stereocenters. The summed E-state index contributed by atoms with van der Waals surface area (Å²) in [6.07, 6.45) is 0. The van der Waals surface area contributed by atoms with Gasteiger partial charge in [-0.1, -0.05) is 24.3 Å². The summed E-state index contributed by atoms with van der Waals surface area (Å²) in [4.78, 5) is 26.0. The highest BCUT2D eigenvalue weighted by atomic mass is 32.2. The van der Waals surface area contributed by atoms with Crippen LogP contribution < -0.4 is 5.32 Å². The smallest absolute Gasteiger partial charge is 0.253 e. The fourth-order valence-corrected chi connectivity index (χ4v) is 3.21. The van der Waals surface area contributed by atoms with Crippen molar-refractivity contribution in [3.05, 3.63) is 70.8 Å². The molecule has 0 aliphatic heterocycles. The van der Waals surface area contributed by atoms with Crippen molar-refractivity contribution in [1.82, 2.24) is 10.2 Å². The van der Waals surface area contributed by atoms with Crippen LogP contribution in [0.4, 0.5) is 0 Å². The highest BCUT2D eigenvalue weighted by Crippen LogP contribution is 2.13. The van der Waals surface area contributed by atoms with E-state index in [2.05, 4.69) is 11.4 Å². The van der Waals surface area contributed by atoms with Gasteiger partial charge < -0.3 is 10.2 Å². The summed E-state index contributed by atoms with van der Waals surface area (Å²) in [5.41, 5.74) is 3.32. The van der Waals surface area contributed by atoms with Gasteiger partial charge in [0.05, 0.1) is 17.4 Å². The summed E-state index contributed by atoms with van der Waals surface area (Å²) in [6.45, 7) is 4.38. The van der Waals surface area contributed by atoms with Gasteiger partial charge in [-0.2, -0.15) is 5.26 Å². The maximum atomic E-state index is 12.3. The number of nitrogens with zero attached hydrogens (tertiary/aromatic N) is 2. The molecule has 2 rings (SSSR count). The number of rotatable bonds is 8. The number of hydrogen-bond donors (Lipinski definition) is 1. The predicted octanol–water partition coefficient (Wildman–Crippen LogP) is 3.59. The van der Waals surface area contributed by atoms with Crippen molar-refractivity contribution in [2.24, 2.45) is 0 Å². The van der Waals surface area contributed by atoms with Crippen LogP contribution in [0.3, 0.4) is 0 Å². The van der Waals surface area contributed by atoms with E-state index in [1.807, 2.05) is 38.1 Å². The monoisotopic (exact) mass is 395 g/mol. The van der Waals surface area contributed by atoms with Crippen LogP contribution in [0.2, 0.25) is 0 Å². The molecule has 0 bridgehead atoms. The molecule has 2 amide bonds. The average molecular weight is 396 g/mol. The maximum absolute atomic E-state index is 12.3. The molecule has 0 unspecified atom stereocenters. The highest BCUT2D eigenvalue weighted by molar-refractivity contribution is 7.99. The van der Waals surface area contributed by atoms with Crippen LogP contribution in [-0.2, 0) is 17.1 Å². The summed E-state index contributed by atoms with van der Waals surface area (Å²) >= 11 is 1.53. The second kappa shape index (κ2) is 10.5. The van der Waals surface area contributed by atoms with Gasteiger partial charge in [-0.3, -0.25) is 9.59 Å². The Hall–Kier alpha value is -2.78.